The quantitative estimate of drug-likeness (QED) is 0.755. The van der Waals surface area contributed by atoms with Crippen LogP contribution >= 0.6 is 0 Å². The molecule has 0 spiro atoms. The number of nitrogens with zero attached hydrogens (tertiary/aromatic N) is 1. The van der Waals surface area contributed by atoms with Gasteiger partial charge in [0.1, 0.15) is 0 Å². The van der Waals surface area contributed by atoms with Crippen LogP contribution < -0.4 is 5.32 Å². The number of amides is 2. The van der Waals surface area contributed by atoms with Crippen LogP contribution in [0.15, 0.2) is 11.6 Å². The molecule has 1 rings (SSSR count). The van der Waals surface area contributed by atoms with Gasteiger partial charge in [0.05, 0.1) is 6.61 Å². The van der Waals surface area contributed by atoms with Gasteiger partial charge in [0.15, 0.2) is 0 Å². The maximum Gasteiger partial charge on any atom is 0.317 e. The molecule has 0 aromatic rings. The van der Waals surface area contributed by atoms with E-state index >= 15 is 0 Å². The largest absolute Gasteiger partial charge is 0.396 e. The maximum absolute atomic E-state index is 11.9. The van der Waals surface area contributed by atoms with Crippen molar-refractivity contribution in [3.8, 4) is 0 Å². The molecule has 0 aromatic heterocycles. The Hall–Kier alpha value is -1.03. The average molecular weight is 254 g/mol. The topological polar surface area (TPSA) is 52.6 Å². The SMILES string of the molecule is CCNC(=O)N1CCC[C@](CO)(CC=C(C)C)C1. The Morgan fingerprint density at radius 2 is 2.22 bits per heavy atom. The van der Waals surface area contributed by atoms with Crippen molar-refractivity contribution in [2.45, 2.75) is 40.0 Å². The number of urea groups is 1. The summed E-state index contributed by atoms with van der Waals surface area (Å²) in [6.07, 6.45) is 4.97. The van der Waals surface area contributed by atoms with Gasteiger partial charge >= 0.3 is 6.03 Å². The van der Waals surface area contributed by atoms with Crippen LogP contribution in [0.5, 0.6) is 0 Å². The van der Waals surface area contributed by atoms with Crippen molar-refractivity contribution in [1.82, 2.24) is 10.2 Å². The monoisotopic (exact) mass is 254 g/mol. The minimum absolute atomic E-state index is 0.00720. The van der Waals surface area contributed by atoms with Gasteiger partial charge in [-0.3, -0.25) is 0 Å². The molecular weight excluding hydrogens is 228 g/mol. The summed E-state index contributed by atoms with van der Waals surface area (Å²) in [5.41, 5.74) is 1.11. The lowest BCUT2D eigenvalue weighted by atomic mass is 9.77. The van der Waals surface area contributed by atoms with E-state index in [-0.39, 0.29) is 18.1 Å². The van der Waals surface area contributed by atoms with E-state index in [1.807, 2.05) is 11.8 Å². The lowest BCUT2D eigenvalue weighted by Crippen LogP contribution is -2.51. The molecule has 1 saturated heterocycles. The number of allylic oxidation sites excluding steroid dienone is 2. The van der Waals surface area contributed by atoms with E-state index in [0.717, 1.165) is 25.8 Å². The van der Waals surface area contributed by atoms with Crippen molar-refractivity contribution >= 4 is 6.03 Å². The first-order valence-electron chi connectivity index (χ1n) is 6.80. The predicted molar refractivity (Wildman–Crippen MR) is 73.4 cm³/mol. The molecule has 0 unspecified atom stereocenters. The van der Waals surface area contributed by atoms with Crippen LogP contribution in [0, 0.1) is 5.41 Å². The van der Waals surface area contributed by atoms with Gasteiger partial charge in [0.2, 0.25) is 0 Å². The molecule has 1 heterocycles. The molecule has 2 amide bonds. The lowest BCUT2D eigenvalue weighted by molar-refractivity contribution is 0.0492. The molecule has 1 fully saturated rings. The summed E-state index contributed by atoms with van der Waals surface area (Å²) in [6, 6.07) is -0.00720. The van der Waals surface area contributed by atoms with E-state index in [1.165, 1.54) is 5.57 Å². The molecule has 1 aliphatic rings. The van der Waals surface area contributed by atoms with Gasteiger partial charge < -0.3 is 15.3 Å². The van der Waals surface area contributed by atoms with Crippen LogP contribution in [0.4, 0.5) is 4.79 Å². The highest BCUT2D eigenvalue weighted by molar-refractivity contribution is 5.74. The van der Waals surface area contributed by atoms with Crippen molar-refractivity contribution < 1.29 is 9.90 Å². The second kappa shape index (κ2) is 6.78. The molecule has 1 atom stereocenters. The average Bonchev–Trinajstić information content (AvgIpc) is 2.37. The smallest absolute Gasteiger partial charge is 0.317 e. The predicted octanol–water partition coefficient (Wildman–Crippen LogP) is 2.15. The molecule has 2 N–H and O–H groups in total. The number of likely N-dealkylation sites (tertiary alicyclic amines) is 1. The number of hydrogen-bond acceptors (Lipinski definition) is 2. The third kappa shape index (κ3) is 4.02. The number of piperidine rings is 1. The zero-order valence-corrected chi connectivity index (χ0v) is 11.8. The lowest BCUT2D eigenvalue weighted by Gasteiger charge is -2.41. The number of carbonyl (C=O) groups is 1. The Morgan fingerprint density at radius 3 is 2.78 bits per heavy atom. The number of nitrogens with one attached hydrogen (secondary N) is 1. The minimum Gasteiger partial charge on any atom is -0.396 e. The van der Waals surface area contributed by atoms with Crippen molar-refractivity contribution in [2.75, 3.05) is 26.2 Å². The molecule has 0 bridgehead atoms. The Labute approximate surface area is 110 Å². The van der Waals surface area contributed by atoms with Gasteiger partial charge in [-0.2, -0.15) is 0 Å². The highest BCUT2D eigenvalue weighted by Crippen LogP contribution is 2.33. The van der Waals surface area contributed by atoms with E-state index in [2.05, 4.69) is 25.2 Å². The van der Waals surface area contributed by atoms with Crippen LogP contribution in [-0.2, 0) is 0 Å². The van der Waals surface area contributed by atoms with E-state index in [9.17, 15) is 9.90 Å². The third-order valence-electron chi connectivity index (χ3n) is 3.56. The Bertz CT molecular complexity index is 311. The fraction of sp³-hybridized carbons (Fsp3) is 0.786. The van der Waals surface area contributed by atoms with Crippen molar-refractivity contribution in [1.29, 1.82) is 0 Å². The maximum atomic E-state index is 11.9. The molecule has 0 aromatic carbocycles. The molecule has 4 nitrogen and oxygen atoms in total. The van der Waals surface area contributed by atoms with Crippen molar-refractivity contribution in [3.63, 3.8) is 0 Å². The van der Waals surface area contributed by atoms with Gasteiger partial charge in [-0.15, -0.1) is 0 Å². The summed E-state index contributed by atoms with van der Waals surface area (Å²) >= 11 is 0. The van der Waals surface area contributed by atoms with Crippen molar-refractivity contribution in [3.05, 3.63) is 11.6 Å². The second-order valence-electron chi connectivity index (χ2n) is 5.50. The number of carbonyl (C=O) groups excluding carboxylic acids is 1. The van der Waals surface area contributed by atoms with Gasteiger partial charge in [-0.1, -0.05) is 11.6 Å². The summed E-state index contributed by atoms with van der Waals surface area (Å²) < 4.78 is 0. The zero-order chi connectivity index (χ0) is 13.6. The summed E-state index contributed by atoms with van der Waals surface area (Å²) in [4.78, 5) is 13.7. The van der Waals surface area contributed by atoms with Crippen molar-refractivity contribution in [2.24, 2.45) is 5.41 Å². The van der Waals surface area contributed by atoms with E-state index in [0.29, 0.717) is 13.1 Å². The number of hydrogen-bond donors (Lipinski definition) is 2. The highest BCUT2D eigenvalue weighted by Gasteiger charge is 2.35. The summed E-state index contributed by atoms with van der Waals surface area (Å²) in [6.45, 7) is 8.29. The molecular formula is C14H26N2O2. The summed E-state index contributed by atoms with van der Waals surface area (Å²) in [7, 11) is 0. The minimum atomic E-state index is -0.152. The Kier molecular flexibility index (Phi) is 5.66. The number of aliphatic hydroxyl groups is 1. The van der Waals surface area contributed by atoms with Crippen LogP contribution in [0.1, 0.15) is 40.0 Å². The fourth-order valence-electron chi connectivity index (χ4n) is 2.43. The summed E-state index contributed by atoms with van der Waals surface area (Å²) in [5, 5.41) is 12.5. The number of rotatable bonds is 4. The fourth-order valence-corrected chi connectivity index (χ4v) is 2.43. The molecule has 18 heavy (non-hydrogen) atoms. The standard InChI is InChI=1S/C14H26N2O2/c1-4-15-13(18)16-9-5-7-14(10-16,11-17)8-6-12(2)3/h6,17H,4-5,7-11H2,1-3H3,(H,15,18)/t14-/m0/s1. The Balaban J connectivity index is 2.69. The van der Waals surface area contributed by atoms with E-state index in [1.54, 1.807) is 0 Å². The first kappa shape index (κ1) is 15.0. The van der Waals surface area contributed by atoms with E-state index < -0.39 is 0 Å². The molecule has 4 heteroatoms. The number of aliphatic hydroxyl groups excluding tert-OH is 1. The van der Waals surface area contributed by atoms with Gasteiger partial charge in [0, 0.05) is 25.0 Å². The van der Waals surface area contributed by atoms with Crippen LogP contribution in [0.3, 0.4) is 0 Å². The molecule has 0 aliphatic carbocycles. The normalized spacial score (nSPS) is 23.7. The highest BCUT2D eigenvalue weighted by atomic mass is 16.3. The van der Waals surface area contributed by atoms with Crippen LogP contribution in [0.25, 0.3) is 0 Å². The van der Waals surface area contributed by atoms with Crippen LogP contribution in [0.2, 0.25) is 0 Å². The zero-order valence-electron chi connectivity index (χ0n) is 11.8. The first-order chi connectivity index (χ1) is 8.53. The summed E-state index contributed by atoms with van der Waals surface area (Å²) in [5.74, 6) is 0. The molecule has 104 valence electrons. The van der Waals surface area contributed by atoms with E-state index in [4.69, 9.17) is 0 Å². The van der Waals surface area contributed by atoms with Gasteiger partial charge in [0.25, 0.3) is 0 Å². The van der Waals surface area contributed by atoms with Gasteiger partial charge in [-0.25, -0.2) is 4.79 Å². The van der Waals surface area contributed by atoms with Crippen LogP contribution in [-0.4, -0.2) is 42.3 Å². The first-order valence-corrected chi connectivity index (χ1v) is 6.80. The Morgan fingerprint density at radius 1 is 1.50 bits per heavy atom. The van der Waals surface area contributed by atoms with Gasteiger partial charge in [-0.05, 0) is 40.0 Å². The second-order valence-corrected chi connectivity index (χ2v) is 5.50. The molecule has 1 aliphatic heterocycles. The molecule has 0 saturated carbocycles. The third-order valence-corrected chi connectivity index (χ3v) is 3.56. The molecule has 0 radical (unpaired) electrons.